The standard InChI is InChI=1S/C25H32N4O/c1-5-8-15-27-24-23(17-28-25(26)29-24)30-18-20(12-6-2)16-21(7-3)19(4)22-13-10-9-11-14-22/h6-7,9-14,16-17,19H,2-3,5,8,15,18H2,1,4H3,(H3,26,27,28,29)/b20-12+,21-16-/t19-/m0/s1. The van der Waals surface area contributed by atoms with Gasteiger partial charge in [0.15, 0.2) is 11.6 Å². The molecule has 158 valence electrons. The summed E-state index contributed by atoms with van der Waals surface area (Å²) in [5.74, 6) is 1.61. The Bertz CT molecular complexity index is 887. The van der Waals surface area contributed by atoms with Gasteiger partial charge in [-0.3, -0.25) is 0 Å². The summed E-state index contributed by atoms with van der Waals surface area (Å²) < 4.78 is 6.03. The average molecular weight is 405 g/mol. The van der Waals surface area contributed by atoms with Crippen LogP contribution in [0.3, 0.4) is 0 Å². The summed E-state index contributed by atoms with van der Waals surface area (Å²) in [5, 5.41) is 3.28. The van der Waals surface area contributed by atoms with Crippen LogP contribution in [0.25, 0.3) is 0 Å². The lowest BCUT2D eigenvalue weighted by Crippen LogP contribution is -2.10. The zero-order valence-electron chi connectivity index (χ0n) is 18.0. The number of benzene rings is 1. The van der Waals surface area contributed by atoms with E-state index in [2.05, 4.69) is 60.5 Å². The molecule has 1 atom stereocenters. The van der Waals surface area contributed by atoms with Crippen molar-refractivity contribution in [3.05, 3.63) is 90.7 Å². The van der Waals surface area contributed by atoms with Crippen LogP contribution in [-0.4, -0.2) is 23.1 Å². The maximum Gasteiger partial charge on any atom is 0.222 e. The topological polar surface area (TPSA) is 73.1 Å². The highest BCUT2D eigenvalue weighted by Crippen LogP contribution is 2.27. The molecule has 1 heterocycles. The van der Waals surface area contributed by atoms with Crippen molar-refractivity contribution >= 4 is 11.8 Å². The highest BCUT2D eigenvalue weighted by molar-refractivity contribution is 5.51. The minimum absolute atomic E-state index is 0.211. The predicted octanol–water partition coefficient (Wildman–Crippen LogP) is 5.68. The Labute approximate surface area is 180 Å². The second-order valence-electron chi connectivity index (χ2n) is 6.97. The maximum atomic E-state index is 6.03. The van der Waals surface area contributed by atoms with E-state index in [4.69, 9.17) is 10.5 Å². The smallest absolute Gasteiger partial charge is 0.222 e. The fraction of sp³-hybridized carbons (Fsp3) is 0.280. The van der Waals surface area contributed by atoms with Crippen LogP contribution in [0.4, 0.5) is 11.8 Å². The first-order chi connectivity index (χ1) is 14.6. The van der Waals surface area contributed by atoms with E-state index in [0.29, 0.717) is 18.2 Å². The zero-order chi connectivity index (χ0) is 21.8. The molecule has 5 heteroatoms. The van der Waals surface area contributed by atoms with Crippen LogP contribution in [0, 0.1) is 0 Å². The summed E-state index contributed by atoms with van der Waals surface area (Å²) in [6, 6.07) is 10.4. The van der Waals surface area contributed by atoms with Gasteiger partial charge in [-0.2, -0.15) is 4.98 Å². The third-order valence-electron chi connectivity index (χ3n) is 4.71. The van der Waals surface area contributed by atoms with Gasteiger partial charge in [0, 0.05) is 12.5 Å². The van der Waals surface area contributed by atoms with Crippen molar-refractivity contribution in [2.75, 3.05) is 24.2 Å². The third kappa shape index (κ3) is 6.92. The number of hydrogen-bond acceptors (Lipinski definition) is 5. The number of allylic oxidation sites excluding steroid dienone is 4. The molecule has 3 N–H and O–H groups in total. The monoisotopic (exact) mass is 404 g/mol. The first-order valence-electron chi connectivity index (χ1n) is 10.3. The fourth-order valence-electron chi connectivity index (χ4n) is 2.96. The number of hydrogen-bond donors (Lipinski definition) is 2. The van der Waals surface area contributed by atoms with Crippen LogP contribution in [0.15, 0.2) is 85.1 Å². The van der Waals surface area contributed by atoms with Gasteiger partial charge in [0.25, 0.3) is 0 Å². The minimum atomic E-state index is 0.211. The number of rotatable bonds is 12. The van der Waals surface area contributed by atoms with Gasteiger partial charge in [-0.25, -0.2) is 4.98 Å². The van der Waals surface area contributed by atoms with Crippen molar-refractivity contribution in [2.45, 2.75) is 32.6 Å². The molecule has 0 saturated carbocycles. The molecule has 0 radical (unpaired) electrons. The molecule has 0 spiro atoms. The van der Waals surface area contributed by atoms with Crippen molar-refractivity contribution in [2.24, 2.45) is 0 Å². The van der Waals surface area contributed by atoms with Crippen LogP contribution in [0.2, 0.25) is 0 Å². The Balaban J connectivity index is 2.18. The number of nitrogens with zero attached hydrogens (tertiary/aromatic N) is 2. The van der Waals surface area contributed by atoms with E-state index in [-0.39, 0.29) is 11.9 Å². The van der Waals surface area contributed by atoms with Gasteiger partial charge in [0.1, 0.15) is 6.61 Å². The number of unbranched alkanes of at least 4 members (excludes halogenated alkanes) is 1. The number of ether oxygens (including phenoxy) is 1. The molecule has 0 aliphatic heterocycles. The average Bonchev–Trinajstić information content (AvgIpc) is 2.77. The second-order valence-corrected chi connectivity index (χ2v) is 6.97. The Morgan fingerprint density at radius 3 is 2.70 bits per heavy atom. The van der Waals surface area contributed by atoms with Gasteiger partial charge in [-0.05, 0) is 23.1 Å². The van der Waals surface area contributed by atoms with E-state index in [1.807, 2.05) is 30.4 Å². The SMILES string of the molecule is C=C/C=C(\C=C(\C=C)[C@H](C)c1ccccc1)COc1cnc(N)nc1NCCCC. The van der Waals surface area contributed by atoms with E-state index in [0.717, 1.165) is 30.5 Å². The van der Waals surface area contributed by atoms with Gasteiger partial charge < -0.3 is 15.8 Å². The number of nitrogens with one attached hydrogen (secondary N) is 1. The fourth-order valence-corrected chi connectivity index (χ4v) is 2.96. The molecule has 0 amide bonds. The van der Waals surface area contributed by atoms with Crippen molar-refractivity contribution in [1.82, 2.24) is 9.97 Å². The summed E-state index contributed by atoms with van der Waals surface area (Å²) in [4.78, 5) is 8.34. The van der Waals surface area contributed by atoms with Crippen LogP contribution in [0.5, 0.6) is 5.75 Å². The maximum absolute atomic E-state index is 6.03. The summed E-state index contributed by atoms with van der Waals surface area (Å²) in [6.07, 6.45) is 11.4. The van der Waals surface area contributed by atoms with Crippen LogP contribution in [0.1, 0.15) is 38.2 Å². The highest BCUT2D eigenvalue weighted by Gasteiger charge is 2.11. The first kappa shape index (κ1) is 22.9. The molecule has 2 aromatic rings. The van der Waals surface area contributed by atoms with E-state index in [1.165, 1.54) is 5.56 Å². The summed E-state index contributed by atoms with van der Waals surface area (Å²) in [7, 11) is 0. The molecule has 0 aliphatic carbocycles. The Hall–Kier alpha value is -3.34. The normalized spacial score (nSPS) is 12.9. The number of nitrogen functional groups attached to an aromatic ring is 1. The predicted molar refractivity (Wildman–Crippen MR) is 127 cm³/mol. The number of aromatic nitrogens is 2. The lowest BCUT2D eigenvalue weighted by Gasteiger charge is -2.16. The quantitative estimate of drug-likeness (QED) is 0.352. The van der Waals surface area contributed by atoms with Crippen molar-refractivity contribution in [3.63, 3.8) is 0 Å². The summed E-state index contributed by atoms with van der Waals surface area (Å²) in [6.45, 7) is 13.3. The van der Waals surface area contributed by atoms with Gasteiger partial charge >= 0.3 is 0 Å². The van der Waals surface area contributed by atoms with Crippen molar-refractivity contribution < 1.29 is 4.74 Å². The minimum Gasteiger partial charge on any atom is -0.483 e. The second kappa shape index (κ2) is 12.3. The molecule has 1 aromatic heterocycles. The first-order valence-corrected chi connectivity index (χ1v) is 10.3. The third-order valence-corrected chi connectivity index (χ3v) is 4.71. The van der Waals surface area contributed by atoms with E-state index in [1.54, 1.807) is 12.3 Å². The number of anilines is 2. The molecule has 0 unspecified atom stereocenters. The van der Waals surface area contributed by atoms with Crippen molar-refractivity contribution in [3.8, 4) is 5.75 Å². The molecular weight excluding hydrogens is 372 g/mol. The van der Waals surface area contributed by atoms with E-state index < -0.39 is 0 Å². The van der Waals surface area contributed by atoms with Gasteiger partial charge in [-0.1, -0.05) is 88.1 Å². The molecule has 0 aliphatic rings. The Kier molecular flexibility index (Phi) is 9.38. The molecular formula is C25H32N4O. The van der Waals surface area contributed by atoms with Gasteiger partial charge in [-0.15, -0.1) is 0 Å². The zero-order valence-corrected chi connectivity index (χ0v) is 18.0. The Morgan fingerprint density at radius 1 is 1.27 bits per heavy atom. The largest absolute Gasteiger partial charge is 0.483 e. The van der Waals surface area contributed by atoms with Crippen LogP contribution in [-0.2, 0) is 0 Å². The molecule has 5 nitrogen and oxygen atoms in total. The molecule has 0 bridgehead atoms. The highest BCUT2D eigenvalue weighted by atomic mass is 16.5. The summed E-state index contributed by atoms with van der Waals surface area (Å²) >= 11 is 0. The molecule has 30 heavy (non-hydrogen) atoms. The lowest BCUT2D eigenvalue weighted by molar-refractivity contribution is 0.354. The molecule has 0 saturated heterocycles. The van der Waals surface area contributed by atoms with E-state index >= 15 is 0 Å². The van der Waals surface area contributed by atoms with Crippen molar-refractivity contribution in [1.29, 1.82) is 0 Å². The van der Waals surface area contributed by atoms with Gasteiger partial charge in [0.2, 0.25) is 5.95 Å². The van der Waals surface area contributed by atoms with Crippen LogP contribution < -0.4 is 15.8 Å². The van der Waals surface area contributed by atoms with Gasteiger partial charge in [0.05, 0.1) is 6.20 Å². The lowest BCUT2D eigenvalue weighted by atomic mass is 9.91. The molecule has 1 aromatic carbocycles. The molecule has 2 rings (SSSR count). The molecule has 0 fully saturated rings. The summed E-state index contributed by atoms with van der Waals surface area (Å²) in [5.41, 5.74) is 9.05. The Morgan fingerprint density at radius 2 is 2.03 bits per heavy atom. The van der Waals surface area contributed by atoms with E-state index in [9.17, 15) is 0 Å². The van der Waals surface area contributed by atoms with Crippen LogP contribution >= 0.6 is 0 Å². The number of nitrogens with two attached hydrogens (primary N) is 1.